The number of hydrogen-bond donors (Lipinski definition) is 4. The third-order valence-corrected chi connectivity index (χ3v) is 1.38. The summed E-state index contributed by atoms with van der Waals surface area (Å²) in [6, 6.07) is 0.845. The lowest BCUT2D eigenvalue weighted by Crippen LogP contribution is -1.82. The van der Waals surface area contributed by atoms with Crippen molar-refractivity contribution < 1.29 is 25.2 Å². The van der Waals surface area contributed by atoms with Crippen molar-refractivity contribution in [2.75, 3.05) is 0 Å². The lowest BCUT2D eigenvalue weighted by atomic mass is 10.2. The van der Waals surface area contributed by atoms with Crippen molar-refractivity contribution in [2.45, 2.75) is 0 Å². The molecule has 0 saturated carbocycles. The van der Waals surface area contributed by atoms with Gasteiger partial charge in [-0.1, -0.05) is 0 Å². The van der Waals surface area contributed by atoms with E-state index in [2.05, 4.69) is 0 Å². The molecule has 12 heavy (non-hydrogen) atoms. The van der Waals surface area contributed by atoms with E-state index in [0.717, 1.165) is 6.07 Å². The average Bonchev–Trinajstić information content (AvgIpc) is 2.08. The Morgan fingerprint density at radius 1 is 1.00 bits per heavy atom. The van der Waals surface area contributed by atoms with Crippen LogP contribution in [0, 0.1) is 0 Å². The molecule has 0 radical (unpaired) electrons. The zero-order valence-electron chi connectivity index (χ0n) is 5.85. The average molecular weight is 170 g/mol. The molecule has 0 heterocycles. The monoisotopic (exact) mass is 170 g/mol. The van der Waals surface area contributed by atoms with Gasteiger partial charge in [-0.2, -0.15) is 0 Å². The fourth-order valence-corrected chi connectivity index (χ4v) is 0.744. The summed E-state index contributed by atoms with van der Waals surface area (Å²) >= 11 is 0. The molecule has 5 heteroatoms. The summed E-state index contributed by atoms with van der Waals surface area (Å²) in [5, 5.41) is 35.5. The van der Waals surface area contributed by atoms with E-state index in [-0.39, 0.29) is 11.8 Å². The molecule has 0 aliphatic heterocycles. The predicted octanol–water partition coefficient (Wildman–Crippen LogP) is 0.321. The van der Waals surface area contributed by atoms with Crippen molar-refractivity contribution in [1.82, 2.24) is 0 Å². The molecule has 0 spiro atoms. The van der Waals surface area contributed by atoms with Gasteiger partial charge >= 0.3 is 0 Å². The largest absolute Gasteiger partial charge is 0.504 e. The van der Waals surface area contributed by atoms with Crippen LogP contribution in [0.2, 0.25) is 0 Å². The Bertz CT molecular complexity index is 331. The highest BCUT2D eigenvalue weighted by Gasteiger charge is 2.15. The first kappa shape index (κ1) is 8.19. The molecular formula is C7H6O5. The summed E-state index contributed by atoms with van der Waals surface area (Å²) in [5.41, 5.74) is -0.289. The first-order chi connectivity index (χ1) is 5.57. The van der Waals surface area contributed by atoms with Crippen LogP contribution >= 0.6 is 0 Å². The van der Waals surface area contributed by atoms with Crippen molar-refractivity contribution in [3.05, 3.63) is 11.6 Å². The molecule has 1 rings (SSSR count). The van der Waals surface area contributed by atoms with Gasteiger partial charge in [-0.05, 0) is 6.07 Å². The van der Waals surface area contributed by atoms with Gasteiger partial charge in [0, 0.05) is 0 Å². The third-order valence-electron chi connectivity index (χ3n) is 1.38. The van der Waals surface area contributed by atoms with Crippen LogP contribution in [0.25, 0.3) is 0 Å². The molecule has 0 amide bonds. The molecule has 1 aromatic carbocycles. The maximum atomic E-state index is 10.2. The second kappa shape index (κ2) is 2.61. The number of aldehydes is 1. The van der Waals surface area contributed by atoms with Gasteiger partial charge in [-0.25, -0.2) is 0 Å². The van der Waals surface area contributed by atoms with Crippen LogP contribution in [0.3, 0.4) is 0 Å². The Kier molecular flexibility index (Phi) is 1.78. The van der Waals surface area contributed by atoms with Gasteiger partial charge < -0.3 is 20.4 Å². The van der Waals surface area contributed by atoms with Crippen LogP contribution < -0.4 is 0 Å². The number of phenols is 4. The SMILES string of the molecule is O=Cc1cc(O)c(O)c(O)c1O. The quantitative estimate of drug-likeness (QED) is 0.276. The smallest absolute Gasteiger partial charge is 0.205 e. The van der Waals surface area contributed by atoms with Crippen molar-refractivity contribution in [2.24, 2.45) is 0 Å². The first-order valence-corrected chi connectivity index (χ1v) is 3.00. The Balaban J connectivity index is 3.49. The van der Waals surface area contributed by atoms with Gasteiger partial charge in [-0.15, -0.1) is 0 Å². The van der Waals surface area contributed by atoms with Gasteiger partial charge in [0.25, 0.3) is 0 Å². The van der Waals surface area contributed by atoms with Gasteiger partial charge in [0.05, 0.1) is 5.56 Å². The van der Waals surface area contributed by atoms with Crippen LogP contribution in [-0.2, 0) is 0 Å². The molecule has 0 aromatic heterocycles. The Hall–Kier alpha value is -1.91. The molecule has 0 aliphatic rings. The number of rotatable bonds is 1. The number of benzene rings is 1. The van der Waals surface area contributed by atoms with Crippen LogP contribution in [-0.4, -0.2) is 26.7 Å². The van der Waals surface area contributed by atoms with Crippen LogP contribution in [0.4, 0.5) is 0 Å². The molecular weight excluding hydrogens is 164 g/mol. The zero-order chi connectivity index (χ0) is 9.30. The number of carbonyl (C=O) groups is 1. The van der Waals surface area contributed by atoms with Crippen molar-refractivity contribution in [1.29, 1.82) is 0 Å². The number of hydrogen-bond acceptors (Lipinski definition) is 5. The summed E-state index contributed by atoms with van der Waals surface area (Å²) in [6.07, 6.45) is 0.244. The van der Waals surface area contributed by atoms with E-state index in [0.29, 0.717) is 0 Å². The standard InChI is InChI=1S/C7H6O5/c8-2-3-1-4(9)6(11)7(12)5(3)10/h1-2,9-12H. The molecule has 0 saturated heterocycles. The zero-order valence-corrected chi connectivity index (χ0v) is 5.85. The van der Waals surface area contributed by atoms with E-state index < -0.39 is 23.0 Å². The highest BCUT2D eigenvalue weighted by Crippen LogP contribution is 2.42. The fourth-order valence-electron chi connectivity index (χ4n) is 0.744. The van der Waals surface area contributed by atoms with Gasteiger partial charge in [0.1, 0.15) is 0 Å². The van der Waals surface area contributed by atoms with E-state index >= 15 is 0 Å². The highest BCUT2D eigenvalue weighted by atomic mass is 16.3. The van der Waals surface area contributed by atoms with Crippen LogP contribution in [0.5, 0.6) is 23.0 Å². The number of phenolic OH excluding ortho intramolecular Hbond substituents is 4. The molecule has 5 nitrogen and oxygen atoms in total. The molecule has 0 fully saturated rings. The summed E-state index contributed by atoms with van der Waals surface area (Å²) in [4.78, 5) is 10.2. The summed E-state index contributed by atoms with van der Waals surface area (Å²) in [6.45, 7) is 0. The molecule has 0 aliphatic carbocycles. The second-order valence-corrected chi connectivity index (χ2v) is 2.15. The Morgan fingerprint density at radius 3 is 2.08 bits per heavy atom. The van der Waals surface area contributed by atoms with E-state index in [1.54, 1.807) is 0 Å². The maximum Gasteiger partial charge on any atom is 0.205 e. The highest BCUT2D eigenvalue weighted by molar-refractivity contribution is 5.83. The van der Waals surface area contributed by atoms with E-state index in [1.807, 2.05) is 0 Å². The summed E-state index contributed by atoms with van der Waals surface area (Å²) in [5.74, 6) is -3.16. The third kappa shape index (κ3) is 1.01. The molecule has 0 bridgehead atoms. The molecule has 1 aromatic rings. The van der Waals surface area contributed by atoms with Crippen LogP contribution in [0.15, 0.2) is 6.07 Å². The van der Waals surface area contributed by atoms with E-state index in [4.69, 9.17) is 20.4 Å². The minimum absolute atomic E-state index is 0.244. The lowest BCUT2D eigenvalue weighted by Gasteiger charge is -2.04. The number of aromatic hydroxyl groups is 4. The molecule has 0 unspecified atom stereocenters. The minimum Gasteiger partial charge on any atom is -0.504 e. The molecule has 4 N–H and O–H groups in total. The molecule has 64 valence electrons. The van der Waals surface area contributed by atoms with Gasteiger partial charge in [-0.3, -0.25) is 4.79 Å². The van der Waals surface area contributed by atoms with Crippen molar-refractivity contribution in [3.8, 4) is 23.0 Å². The lowest BCUT2D eigenvalue weighted by molar-refractivity contribution is 0.111. The Morgan fingerprint density at radius 2 is 1.58 bits per heavy atom. The number of carbonyl (C=O) groups excluding carboxylic acids is 1. The Labute approximate surface area is 67.1 Å². The van der Waals surface area contributed by atoms with Crippen molar-refractivity contribution in [3.63, 3.8) is 0 Å². The van der Waals surface area contributed by atoms with Crippen LogP contribution in [0.1, 0.15) is 10.4 Å². The fraction of sp³-hybridized carbons (Fsp3) is 0. The van der Waals surface area contributed by atoms with Crippen molar-refractivity contribution >= 4 is 6.29 Å². The predicted molar refractivity (Wildman–Crippen MR) is 38.5 cm³/mol. The van der Waals surface area contributed by atoms with Gasteiger partial charge in [0.15, 0.2) is 17.8 Å². The van der Waals surface area contributed by atoms with E-state index in [9.17, 15) is 4.79 Å². The maximum absolute atomic E-state index is 10.2. The topological polar surface area (TPSA) is 98.0 Å². The first-order valence-electron chi connectivity index (χ1n) is 3.00. The summed E-state index contributed by atoms with van der Waals surface area (Å²) in [7, 11) is 0. The summed E-state index contributed by atoms with van der Waals surface area (Å²) < 4.78 is 0. The van der Waals surface area contributed by atoms with Gasteiger partial charge in [0.2, 0.25) is 11.5 Å². The molecule has 0 atom stereocenters. The normalized spacial score (nSPS) is 9.67. The van der Waals surface area contributed by atoms with E-state index in [1.165, 1.54) is 0 Å². The minimum atomic E-state index is -0.905. The second-order valence-electron chi connectivity index (χ2n) is 2.15.